The normalized spacial score (nSPS) is 17.8. The third-order valence-corrected chi connectivity index (χ3v) is 6.93. The largest absolute Gasteiger partial charge is 0.412 e. The average Bonchev–Trinajstić information content (AvgIpc) is 3.48. The first kappa shape index (κ1) is 23.2. The van der Waals surface area contributed by atoms with Crippen LogP contribution in [0.25, 0.3) is 16.7 Å². The Morgan fingerprint density at radius 2 is 1.73 bits per heavy atom. The molecule has 4 heterocycles. The Bertz CT molecular complexity index is 1180. The van der Waals surface area contributed by atoms with Crippen LogP contribution < -0.4 is 0 Å². The lowest BCUT2D eigenvalue weighted by atomic mass is 10.1. The third-order valence-electron chi connectivity index (χ3n) is 5.97. The van der Waals surface area contributed by atoms with Crippen LogP contribution in [0.4, 0.5) is 8.78 Å². The molecule has 0 radical (unpaired) electrons. The maximum absolute atomic E-state index is 13.4. The smallest absolute Gasteiger partial charge is 0.255 e. The van der Waals surface area contributed by atoms with E-state index in [4.69, 9.17) is 0 Å². The Labute approximate surface area is 193 Å². The minimum Gasteiger partial charge on any atom is -0.412 e. The second-order valence-corrected chi connectivity index (χ2v) is 9.20. The highest BCUT2D eigenvalue weighted by atomic mass is 32.2. The number of amides is 2. The minimum atomic E-state index is -2.69. The van der Waals surface area contributed by atoms with E-state index in [0.29, 0.717) is 22.7 Å². The third kappa shape index (κ3) is 4.58. The SMILES string of the molecule is O.O=C(c1cnc2c(ccn2-c2cccc(C(=O)N3CCSC3)c2)c1)N1CCC(F)(F)CC1. The molecule has 2 aliphatic rings. The molecular weight excluding hydrogens is 450 g/mol. The van der Waals surface area contributed by atoms with Crippen molar-refractivity contribution in [3.8, 4) is 5.69 Å². The molecule has 33 heavy (non-hydrogen) atoms. The number of hydrogen-bond acceptors (Lipinski definition) is 4. The van der Waals surface area contributed by atoms with Gasteiger partial charge in [0.1, 0.15) is 5.65 Å². The summed E-state index contributed by atoms with van der Waals surface area (Å²) in [6.45, 7) is 0.843. The highest BCUT2D eigenvalue weighted by molar-refractivity contribution is 7.99. The summed E-state index contributed by atoms with van der Waals surface area (Å²) in [6.07, 6.45) is 2.72. The van der Waals surface area contributed by atoms with E-state index in [2.05, 4.69) is 4.98 Å². The zero-order chi connectivity index (χ0) is 22.3. The van der Waals surface area contributed by atoms with Crippen molar-refractivity contribution >= 4 is 34.6 Å². The van der Waals surface area contributed by atoms with Gasteiger partial charge in [-0.25, -0.2) is 13.8 Å². The number of hydrogen-bond donors (Lipinski definition) is 0. The Kier molecular flexibility index (Phi) is 6.40. The zero-order valence-corrected chi connectivity index (χ0v) is 18.7. The van der Waals surface area contributed by atoms with Crippen LogP contribution in [0.5, 0.6) is 0 Å². The number of piperidine rings is 1. The van der Waals surface area contributed by atoms with Crippen LogP contribution in [0.1, 0.15) is 33.6 Å². The number of fused-ring (bicyclic) bond motifs is 1. The van der Waals surface area contributed by atoms with Gasteiger partial charge in [-0.1, -0.05) is 6.07 Å². The number of benzene rings is 1. The van der Waals surface area contributed by atoms with E-state index in [1.165, 1.54) is 11.1 Å². The first-order valence-corrected chi connectivity index (χ1v) is 11.7. The lowest BCUT2D eigenvalue weighted by molar-refractivity contribution is -0.0494. The Morgan fingerprint density at radius 1 is 0.970 bits per heavy atom. The molecule has 10 heteroatoms. The second-order valence-electron chi connectivity index (χ2n) is 8.13. The summed E-state index contributed by atoms with van der Waals surface area (Å²) in [4.78, 5) is 33.3. The fourth-order valence-corrected chi connectivity index (χ4v) is 5.06. The monoisotopic (exact) mass is 474 g/mol. The van der Waals surface area contributed by atoms with Crippen molar-refractivity contribution in [1.82, 2.24) is 19.4 Å². The van der Waals surface area contributed by atoms with Gasteiger partial charge in [-0.3, -0.25) is 9.59 Å². The highest BCUT2D eigenvalue weighted by Crippen LogP contribution is 2.29. The van der Waals surface area contributed by atoms with E-state index in [1.54, 1.807) is 17.8 Å². The number of thioether (sulfide) groups is 1. The van der Waals surface area contributed by atoms with E-state index in [9.17, 15) is 18.4 Å². The van der Waals surface area contributed by atoms with Gasteiger partial charge in [-0.05, 0) is 30.3 Å². The van der Waals surface area contributed by atoms with Crippen molar-refractivity contribution in [1.29, 1.82) is 0 Å². The molecule has 1 aromatic carbocycles. The summed E-state index contributed by atoms with van der Waals surface area (Å²) in [5.74, 6) is -1.29. The molecular formula is C23H24F2N4O3S. The summed E-state index contributed by atoms with van der Waals surface area (Å²) in [7, 11) is 0. The van der Waals surface area contributed by atoms with Gasteiger partial charge in [-0.15, -0.1) is 11.8 Å². The lowest BCUT2D eigenvalue weighted by Crippen LogP contribution is -2.42. The number of aromatic nitrogens is 2. The number of alkyl halides is 2. The molecule has 2 fully saturated rings. The van der Waals surface area contributed by atoms with Crippen molar-refractivity contribution in [3.05, 3.63) is 59.9 Å². The molecule has 2 amide bonds. The van der Waals surface area contributed by atoms with E-state index < -0.39 is 5.92 Å². The number of halogens is 2. The molecule has 0 unspecified atom stereocenters. The van der Waals surface area contributed by atoms with Gasteiger partial charge in [-0.2, -0.15) is 0 Å². The summed E-state index contributed by atoms with van der Waals surface area (Å²) >= 11 is 1.74. The Morgan fingerprint density at radius 3 is 2.45 bits per heavy atom. The molecule has 0 bridgehead atoms. The summed E-state index contributed by atoms with van der Waals surface area (Å²) in [5, 5.41) is 0.769. The zero-order valence-electron chi connectivity index (χ0n) is 17.8. The molecule has 5 rings (SSSR count). The molecule has 0 atom stereocenters. The van der Waals surface area contributed by atoms with Crippen molar-refractivity contribution in [2.45, 2.75) is 18.8 Å². The molecule has 0 spiro atoms. The number of likely N-dealkylation sites (tertiary alicyclic amines) is 1. The van der Waals surface area contributed by atoms with Crippen LogP contribution in [-0.2, 0) is 0 Å². The van der Waals surface area contributed by atoms with E-state index >= 15 is 0 Å². The van der Waals surface area contributed by atoms with Crippen LogP contribution in [0.2, 0.25) is 0 Å². The molecule has 174 valence electrons. The Balaban J connectivity index is 0.00000259. The fraction of sp³-hybridized carbons (Fsp3) is 0.348. The predicted molar refractivity (Wildman–Crippen MR) is 123 cm³/mol. The molecule has 0 saturated carbocycles. The first-order valence-electron chi connectivity index (χ1n) is 10.5. The first-order chi connectivity index (χ1) is 15.4. The number of carbonyl (C=O) groups excluding carboxylic acids is 2. The number of carbonyl (C=O) groups is 2. The minimum absolute atomic E-state index is 0. The van der Waals surface area contributed by atoms with Gasteiger partial charge in [0.05, 0.1) is 11.4 Å². The highest BCUT2D eigenvalue weighted by Gasteiger charge is 2.35. The quantitative estimate of drug-likeness (QED) is 0.583. The number of nitrogens with zero attached hydrogens (tertiary/aromatic N) is 4. The number of pyridine rings is 1. The lowest BCUT2D eigenvalue weighted by Gasteiger charge is -2.31. The van der Waals surface area contributed by atoms with Gasteiger partial charge < -0.3 is 19.8 Å². The fourth-order valence-electron chi connectivity index (χ4n) is 4.11. The standard InChI is InChI=1S/C23H22F2N4O2S.H2O/c24-23(25)5-8-27(9-6-23)22(31)18-12-16-4-7-29(20(16)26-14-18)19-3-1-2-17(13-19)21(30)28-10-11-32-15-28;/h1-4,7,12-14H,5-6,8-11,15H2;1H2. The van der Waals surface area contributed by atoms with Gasteiger partial charge in [0.25, 0.3) is 17.7 Å². The molecule has 0 aliphatic carbocycles. The van der Waals surface area contributed by atoms with E-state index in [-0.39, 0.29) is 43.2 Å². The average molecular weight is 475 g/mol. The Hall–Kier alpha value is -2.98. The maximum atomic E-state index is 13.4. The molecule has 2 saturated heterocycles. The topological polar surface area (TPSA) is 89.9 Å². The summed E-state index contributed by atoms with van der Waals surface area (Å²) < 4.78 is 28.7. The molecule has 2 aromatic heterocycles. The van der Waals surface area contributed by atoms with E-state index in [0.717, 1.165) is 23.4 Å². The maximum Gasteiger partial charge on any atom is 0.255 e. The molecule has 2 aliphatic heterocycles. The van der Waals surface area contributed by atoms with Crippen molar-refractivity contribution in [3.63, 3.8) is 0 Å². The van der Waals surface area contributed by atoms with Gasteiger partial charge >= 0.3 is 0 Å². The van der Waals surface area contributed by atoms with Crippen molar-refractivity contribution < 1.29 is 23.8 Å². The number of rotatable bonds is 3. The van der Waals surface area contributed by atoms with Crippen LogP contribution in [-0.4, -0.2) is 73.8 Å². The van der Waals surface area contributed by atoms with Crippen LogP contribution in [0.15, 0.2) is 48.8 Å². The van der Waals surface area contributed by atoms with Gasteiger partial charge in [0.2, 0.25) is 0 Å². The van der Waals surface area contributed by atoms with Crippen molar-refractivity contribution in [2.75, 3.05) is 31.3 Å². The van der Waals surface area contributed by atoms with E-state index in [1.807, 2.05) is 46.0 Å². The summed E-state index contributed by atoms with van der Waals surface area (Å²) in [6, 6.07) is 11.0. The van der Waals surface area contributed by atoms with Gasteiger partial charge in [0, 0.05) is 67.3 Å². The van der Waals surface area contributed by atoms with Crippen molar-refractivity contribution in [2.24, 2.45) is 0 Å². The van der Waals surface area contributed by atoms with Crippen LogP contribution >= 0.6 is 11.8 Å². The molecule has 3 aromatic rings. The molecule has 7 nitrogen and oxygen atoms in total. The molecule has 2 N–H and O–H groups in total. The van der Waals surface area contributed by atoms with Crippen LogP contribution in [0, 0.1) is 0 Å². The predicted octanol–water partition coefficient (Wildman–Crippen LogP) is 3.22. The second kappa shape index (κ2) is 9.11. The van der Waals surface area contributed by atoms with Gasteiger partial charge in [0.15, 0.2) is 0 Å². The summed E-state index contributed by atoms with van der Waals surface area (Å²) in [5.41, 5.74) is 2.48. The van der Waals surface area contributed by atoms with Crippen LogP contribution in [0.3, 0.4) is 0 Å².